The molecule has 0 radical (unpaired) electrons. The van der Waals surface area contributed by atoms with E-state index in [0.29, 0.717) is 17.9 Å². The monoisotopic (exact) mass is 393 g/mol. The van der Waals surface area contributed by atoms with Crippen LogP contribution in [0.3, 0.4) is 0 Å². The first kappa shape index (κ1) is 20.0. The molecule has 2 aromatic rings. The van der Waals surface area contributed by atoms with Gasteiger partial charge < -0.3 is 14.8 Å². The van der Waals surface area contributed by atoms with Crippen LogP contribution in [-0.4, -0.2) is 18.6 Å². The van der Waals surface area contributed by atoms with E-state index in [1.165, 1.54) is 12.1 Å². The summed E-state index contributed by atoms with van der Waals surface area (Å²) in [7, 11) is 0. The van der Waals surface area contributed by atoms with Gasteiger partial charge in [-0.15, -0.1) is 0 Å². The summed E-state index contributed by atoms with van der Waals surface area (Å²) in [6.07, 6.45) is -3.67. The fourth-order valence-electron chi connectivity index (χ4n) is 3.21. The third-order valence-corrected chi connectivity index (χ3v) is 4.47. The van der Waals surface area contributed by atoms with E-state index in [0.717, 1.165) is 35.4 Å². The number of hydrogen-bond acceptors (Lipinski definition) is 3. The third kappa shape index (κ3) is 4.77. The summed E-state index contributed by atoms with van der Waals surface area (Å²) in [6.45, 7) is 4.55. The van der Waals surface area contributed by atoms with E-state index in [4.69, 9.17) is 9.47 Å². The van der Waals surface area contributed by atoms with E-state index in [2.05, 4.69) is 5.32 Å². The molecule has 3 rings (SSSR count). The minimum atomic E-state index is -4.43. The maximum atomic E-state index is 12.8. The van der Waals surface area contributed by atoms with Gasteiger partial charge in [-0.25, -0.2) is 0 Å². The van der Waals surface area contributed by atoms with Crippen molar-refractivity contribution in [1.29, 1.82) is 0 Å². The van der Waals surface area contributed by atoms with Crippen molar-refractivity contribution in [3.8, 4) is 11.5 Å². The Morgan fingerprint density at radius 1 is 1.29 bits per heavy atom. The summed E-state index contributed by atoms with van der Waals surface area (Å²) in [5.41, 5.74) is 1.38. The lowest BCUT2D eigenvalue weighted by Crippen LogP contribution is -2.25. The van der Waals surface area contributed by atoms with Gasteiger partial charge in [0.1, 0.15) is 17.6 Å². The number of benzene rings is 2. The van der Waals surface area contributed by atoms with Gasteiger partial charge >= 0.3 is 6.18 Å². The predicted octanol–water partition coefficient (Wildman–Crippen LogP) is 4.29. The number of rotatable bonds is 6. The minimum absolute atomic E-state index is 0.0928. The van der Waals surface area contributed by atoms with Crippen LogP contribution in [0.2, 0.25) is 0 Å². The standard InChI is InChI=1S/C21H22F3NO3/c1-3-27-18-10-15-7-13(2)28-19(15)11-16(18)12-25-20(26)9-14-5-4-6-17(8-14)21(22,23)24/h4-6,8,10-11,13H,3,7,9,12H2,1-2H3,(H,25,26)/t13-/m1/s1. The largest absolute Gasteiger partial charge is 0.494 e. The summed E-state index contributed by atoms with van der Waals surface area (Å²) >= 11 is 0. The number of fused-ring (bicyclic) bond motifs is 1. The molecule has 2 aromatic carbocycles. The van der Waals surface area contributed by atoms with Crippen molar-refractivity contribution < 1.29 is 27.4 Å². The first-order valence-electron chi connectivity index (χ1n) is 9.14. The van der Waals surface area contributed by atoms with Crippen molar-refractivity contribution in [1.82, 2.24) is 5.32 Å². The maximum absolute atomic E-state index is 12.8. The van der Waals surface area contributed by atoms with E-state index < -0.39 is 11.7 Å². The van der Waals surface area contributed by atoms with Crippen LogP contribution in [0.25, 0.3) is 0 Å². The summed E-state index contributed by atoms with van der Waals surface area (Å²) in [5, 5.41) is 2.75. The molecule has 1 heterocycles. The number of nitrogens with one attached hydrogen (secondary N) is 1. The number of carbonyl (C=O) groups excluding carboxylic acids is 1. The van der Waals surface area contributed by atoms with Crippen molar-refractivity contribution in [3.05, 3.63) is 58.7 Å². The Morgan fingerprint density at radius 3 is 2.79 bits per heavy atom. The Kier molecular flexibility index (Phi) is 5.82. The lowest BCUT2D eigenvalue weighted by atomic mass is 10.1. The number of hydrogen-bond donors (Lipinski definition) is 1. The predicted molar refractivity (Wildman–Crippen MR) is 98.4 cm³/mol. The number of ether oxygens (including phenoxy) is 2. The second-order valence-electron chi connectivity index (χ2n) is 6.78. The molecule has 0 saturated heterocycles. The van der Waals surface area contributed by atoms with E-state index in [9.17, 15) is 18.0 Å². The molecular weight excluding hydrogens is 371 g/mol. The smallest absolute Gasteiger partial charge is 0.416 e. The van der Waals surface area contributed by atoms with Gasteiger partial charge in [0.05, 0.1) is 18.6 Å². The zero-order valence-corrected chi connectivity index (χ0v) is 15.7. The molecule has 7 heteroatoms. The quantitative estimate of drug-likeness (QED) is 0.797. The van der Waals surface area contributed by atoms with Crippen LogP contribution in [0, 0.1) is 0 Å². The highest BCUT2D eigenvalue weighted by atomic mass is 19.4. The number of amides is 1. The second-order valence-corrected chi connectivity index (χ2v) is 6.78. The highest BCUT2D eigenvalue weighted by molar-refractivity contribution is 5.78. The zero-order valence-electron chi connectivity index (χ0n) is 15.7. The summed E-state index contributed by atoms with van der Waals surface area (Å²) in [6, 6.07) is 8.57. The number of alkyl halides is 3. The molecule has 1 N–H and O–H groups in total. The average Bonchev–Trinajstić information content (AvgIpc) is 2.98. The third-order valence-electron chi connectivity index (χ3n) is 4.47. The van der Waals surface area contributed by atoms with Crippen LogP contribution in [0.4, 0.5) is 13.2 Å². The van der Waals surface area contributed by atoms with Gasteiger partial charge in [-0.3, -0.25) is 4.79 Å². The van der Waals surface area contributed by atoms with Gasteiger partial charge in [-0.2, -0.15) is 13.2 Å². The maximum Gasteiger partial charge on any atom is 0.416 e. The van der Waals surface area contributed by atoms with Crippen LogP contribution < -0.4 is 14.8 Å². The van der Waals surface area contributed by atoms with E-state index >= 15 is 0 Å². The molecular formula is C21H22F3NO3. The lowest BCUT2D eigenvalue weighted by Gasteiger charge is -2.14. The molecule has 1 aliphatic heterocycles. The minimum Gasteiger partial charge on any atom is -0.494 e. The Labute approximate surface area is 161 Å². The van der Waals surface area contributed by atoms with Crippen LogP contribution in [-0.2, 0) is 30.4 Å². The average molecular weight is 393 g/mol. The molecule has 0 spiro atoms. The van der Waals surface area contributed by atoms with E-state index in [1.807, 2.05) is 26.0 Å². The van der Waals surface area contributed by atoms with Crippen LogP contribution >= 0.6 is 0 Å². The molecule has 0 aliphatic carbocycles. The number of halogens is 3. The van der Waals surface area contributed by atoms with Crippen LogP contribution in [0.1, 0.15) is 36.1 Å². The molecule has 0 unspecified atom stereocenters. The van der Waals surface area contributed by atoms with Crippen molar-refractivity contribution in [2.24, 2.45) is 0 Å². The SMILES string of the molecule is CCOc1cc2c(cc1CNC(=O)Cc1cccc(C(F)(F)F)c1)O[C@H](C)C2. The Morgan fingerprint density at radius 2 is 2.07 bits per heavy atom. The molecule has 1 aliphatic rings. The zero-order chi connectivity index (χ0) is 20.3. The highest BCUT2D eigenvalue weighted by Crippen LogP contribution is 2.35. The molecule has 0 aromatic heterocycles. The fourth-order valence-corrected chi connectivity index (χ4v) is 3.21. The Hall–Kier alpha value is -2.70. The van der Waals surface area contributed by atoms with E-state index in [-0.39, 0.29) is 25.0 Å². The van der Waals surface area contributed by atoms with Gasteiger partial charge in [0.15, 0.2) is 0 Å². The molecule has 0 fully saturated rings. The molecule has 0 saturated carbocycles. The lowest BCUT2D eigenvalue weighted by molar-refractivity contribution is -0.137. The topological polar surface area (TPSA) is 47.6 Å². The normalized spacial score (nSPS) is 15.7. The molecule has 1 amide bonds. The van der Waals surface area contributed by atoms with Gasteiger partial charge in [0.25, 0.3) is 0 Å². The second kappa shape index (κ2) is 8.12. The van der Waals surface area contributed by atoms with Gasteiger partial charge in [-0.05, 0) is 37.6 Å². The molecule has 4 nitrogen and oxygen atoms in total. The molecule has 28 heavy (non-hydrogen) atoms. The van der Waals surface area contributed by atoms with Gasteiger partial charge in [-0.1, -0.05) is 18.2 Å². The van der Waals surface area contributed by atoms with Crippen molar-refractivity contribution >= 4 is 5.91 Å². The fraction of sp³-hybridized carbons (Fsp3) is 0.381. The first-order valence-corrected chi connectivity index (χ1v) is 9.14. The highest BCUT2D eigenvalue weighted by Gasteiger charge is 2.30. The van der Waals surface area contributed by atoms with Gasteiger partial charge in [0.2, 0.25) is 5.91 Å². The van der Waals surface area contributed by atoms with Crippen molar-refractivity contribution in [2.45, 2.75) is 45.5 Å². The Balaban J connectivity index is 1.67. The molecule has 150 valence electrons. The first-order chi connectivity index (χ1) is 13.3. The van der Waals surface area contributed by atoms with Crippen molar-refractivity contribution in [2.75, 3.05) is 6.61 Å². The van der Waals surface area contributed by atoms with Crippen molar-refractivity contribution in [3.63, 3.8) is 0 Å². The van der Waals surface area contributed by atoms with E-state index in [1.54, 1.807) is 0 Å². The van der Waals surface area contributed by atoms with Crippen LogP contribution in [0.5, 0.6) is 11.5 Å². The Bertz CT molecular complexity index is 864. The van der Waals surface area contributed by atoms with Gasteiger partial charge in [0, 0.05) is 24.1 Å². The number of carbonyl (C=O) groups is 1. The molecule has 0 bridgehead atoms. The van der Waals surface area contributed by atoms with Crippen LogP contribution in [0.15, 0.2) is 36.4 Å². The summed E-state index contributed by atoms with van der Waals surface area (Å²) < 4.78 is 49.8. The molecule has 1 atom stereocenters. The summed E-state index contributed by atoms with van der Waals surface area (Å²) in [5.74, 6) is 1.09. The summed E-state index contributed by atoms with van der Waals surface area (Å²) in [4.78, 5) is 12.2.